The second-order valence-electron chi connectivity index (χ2n) is 8.37. The molecule has 15 heteroatoms. The number of carbonyl (C=O) groups excluding carboxylic acids is 1. The highest BCUT2D eigenvalue weighted by atomic mass is 16.7. The Morgan fingerprint density at radius 3 is 2.15 bits per heavy atom. The lowest BCUT2D eigenvalue weighted by Gasteiger charge is -2.47. The molecule has 2 heterocycles. The van der Waals surface area contributed by atoms with E-state index < -0.39 is 105 Å². The molecule has 2 fully saturated rings. The highest BCUT2D eigenvalue weighted by Gasteiger charge is 2.51. The average molecular weight is 501 g/mol. The monoisotopic (exact) mass is 501 g/mol. The third-order valence-electron chi connectivity index (χ3n) is 5.73. The van der Waals surface area contributed by atoms with Crippen molar-refractivity contribution >= 4 is 5.91 Å². The van der Waals surface area contributed by atoms with Gasteiger partial charge in [0.25, 0.3) is 0 Å². The van der Waals surface area contributed by atoms with Gasteiger partial charge in [0.1, 0.15) is 61.0 Å². The molecule has 13 atom stereocenters. The summed E-state index contributed by atoms with van der Waals surface area (Å²) in [6.45, 7) is 0.336. The van der Waals surface area contributed by atoms with Crippen molar-refractivity contribution in [1.29, 1.82) is 0 Å². The maximum Gasteiger partial charge on any atom is 0.217 e. The van der Waals surface area contributed by atoms with Gasteiger partial charge in [-0.2, -0.15) is 0 Å². The quantitative estimate of drug-likeness (QED) is 0.134. The minimum absolute atomic E-state index is 0.615. The van der Waals surface area contributed by atoms with Gasteiger partial charge in [-0.15, -0.1) is 0 Å². The van der Waals surface area contributed by atoms with Crippen LogP contribution in [0.5, 0.6) is 0 Å². The lowest BCUT2D eigenvalue weighted by molar-refractivity contribution is -0.342. The first-order valence-corrected chi connectivity index (χ1v) is 10.8. The van der Waals surface area contributed by atoms with Crippen LogP contribution in [0.4, 0.5) is 0 Å². The van der Waals surface area contributed by atoms with E-state index in [0.717, 1.165) is 6.92 Å². The molecule has 2 aliphatic heterocycles. The fourth-order valence-corrected chi connectivity index (χ4v) is 3.70. The predicted octanol–water partition coefficient (Wildman–Crippen LogP) is -6.13. The fraction of sp³-hybridized carbons (Fsp3) is 0.947. The molecule has 0 unspecified atom stereocenters. The average Bonchev–Trinajstić information content (AvgIpc) is 2.80. The summed E-state index contributed by atoms with van der Waals surface area (Å²) >= 11 is 0. The molecule has 2 saturated heterocycles. The molecule has 1 amide bonds. The van der Waals surface area contributed by atoms with Gasteiger partial charge >= 0.3 is 0 Å². The van der Waals surface area contributed by atoms with Crippen LogP contribution in [0, 0.1) is 0 Å². The van der Waals surface area contributed by atoms with Gasteiger partial charge in [-0.1, -0.05) is 0 Å². The Bertz CT molecular complexity index is 642. The number of amides is 1. The highest BCUT2D eigenvalue weighted by Crippen LogP contribution is 2.29. The zero-order valence-electron chi connectivity index (χ0n) is 18.7. The lowest BCUT2D eigenvalue weighted by atomic mass is 9.95. The summed E-state index contributed by atoms with van der Waals surface area (Å²) in [5.41, 5.74) is 0. The molecular weight excluding hydrogens is 466 g/mol. The highest BCUT2D eigenvalue weighted by molar-refractivity contribution is 5.73. The topological polar surface area (TPSA) is 248 Å². The van der Waals surface area contributed by atoms with Crippen LogP contribution in [-0.4, -0.2) is 151 Å². The standard InChI is InChI=1S/C19H35NO14/c1-6-12(26)15(29)16(30)19(32-6)34-17-11(20-7(2)23)18(33-10(4-22)14(17)28)31-5-9(25)13(27)8(24)3-21/h6,8-19,21-22,24-30H,3-5H2,1-2H3,(H,20,23)/t6-,8-,9+,10+,11+,12-,13-,14-,15+,16+,17+,18+,19-/m0/s1. The van der Waals surface area contributed by atoms with E-state index in [2.05, 4.69) is 5.32 Å². The largest absolute Gasteiger partial charge is 0.394 e. The number of nitrogens with one attached hydrogen (secondary N) is 1. The molecule has 0 spiro atoms. The summed E-state index contributed by atoms with van der Waals surface area (Å²) in [6.07, 6.45) is -18.3. The maximum atomic E-state index is 11.8. The Hall–Kier alpha value is -1.05. The second-order valence-corrected chi connectivity index (χ2v) is 8.37. The first kappa shape index (κ1) is 29.2. The second kappa shape index (κ2) is 12.8. The van der Waals surface area contributed by atoms with Crippen LogP contribution in [0.1, 0.15) is 13.8 Å². The molecule has 200 valence electrons. The van der Waals surface area contributed by atoms with Crippen molar-refractivity contribution < 1.29 is 69.7 Å². The number of hydrogen-bond donors (Lipinski definition) is 10. The normalized spacial score (nSPS) is 41.5. The summed E-state index contributed by atoms with van der Waals surface area (Å²) in [5, 5.41) is 91.1. The third kappa shape index (κ3) is 6.79. The first-order chi connectivity index (χ1) is 15.9. The van der Waals surface area contributed by atoms with Crippen LogP contribution in [0.15, 0.2) is 0 Å². The van der Waals surface area contributed by atoms with Crippen LogP contribution in [-0.2, 0) is 23.7 Å². The van der Waals surface area contributed by atoms with E-state index in [1.165, 1.54) is 6.92 Å². The molecule has 0 aromatic rings. The number of aliphatic hydroxyl groups is 9. The van der Waals surface area contributed by atoms with E-state index in [4.69, 9.17) is 24.1 Å². The zero-order valence-corrected chi connectivity index (χ0v) is 18.7. The number of ether oxygens (including phenoxy) is 4. The van der Waals surface area contributed by atoms with Gasteiger partial charge in [0.2, 0.25) is 5.91 Å². The molecule has 2 rings (SSSR count). The predicted molar refractivity (Wildman–Crippen MR) is 108 cm³/mol. The Labute approximate surface area is 195 Å². The summed E-state index contributed by atoms with van der Waals surface area (Å²) < 4.78 is 21.9. The van der Waals surface area contributed by atoms with E-state index in [-0.39, 0.29) is 0 Å². The van der Waals surface area contributed by atoms with E-state index in [9.17, 15) is 45.6 Å². The Kier molecular flexibility index (Phi) is 11.0. The molecule has 0 radical (unpaired) electrons. The minimum atomic E-state index is -1.78. The van der Waals surface area contributed by atoms with Gasteiger partial charge in [-0.05, 0) is 6.92 Å². The van der Waals surface area contributed by atoms with Crippen LogP contribution in [0.2, 0.25) is 0 Å². The Balaban J connectivity index is 2.23. The Morgan fingerprint density at radius 1 is 0.941 bits per heavy atom. The molecule has 0 aromatic heterocycles. The van der Waals surface area contributed by atoms with E-state index in [1.54, 1.807) is 0 Å². The molecule has 34 heavy (non-hydrogen) atoms. The summed E-state index contributed by atoms with van der Waals surface area (Å²) in [6, 6.07) is -1.31. The van der Waals surface area contributed by atoms with Gasteiger partial charge in [-0.25, -0.2) is 0 Å². The summed E-state index contributed by atoms with van der Waals surface area (Å²) in [5.74, 6) is -0.615. The molecule has 15 nitrogen and oxygen atoms in total. The van der Waals surface area contributed by atoms with Crippen molar-refractivity contribution in [3.05, 3.63) is 0 Å². The van der Waals surface area contributed by atoms with Gasteiger partial charge < -0.3 is 70.2 Å². The van der Waals surface area contributed by atoms with E-state index >= 15 is 0 Å². The minimum Gasteiger partial charge on any atom is -0.394 e. The molecule has 0 saturated carbocycles. The van der Waals surface area contributed by atoms with Gasteiger partial charge in [0, 0.05) is 6.92 Å². The summed E-state index contributed by atoms with van der Waals surface area (Å²) in [4.78, 5) is 11.8. The Morgan fingerprint density at radius 2 is 1.59 bits per heavy atom. The maximum absolute atomic E-state index is 11.8. The molecule has 2 aliphatic rings. The van der Waals surface area contributed by atoms with E-state index in [1.807, 2.05) is 0 Å². The smallest absolute Gasteiger partial charge is 0.217 e. The molecule has 10 N–H and O–H groups in total. The van der Waals surface area contributed by atoms with Crippen LogP contribution in [0.3, 0.4) is 0 Å². The number of rotatable bonds is 10. The van der Waals surface area contributed by atoms with Crippen molar-refractivity contribution in [3.8, 4) is 0 Å². The van der Waals surface area contributed by atoms with Gasteiger partial charge in [0.05, 0.1) is 25.9 Å². The molecular formula is C19H35NO14. The molecule has 0 bridgehead atoms. The van der Waals surface area contributed by atoms with Crippen LogP contribution in [0.25, 0.3) is 0 Å². The first-order valence-electron chi connectivity index (χ1n) is 10.8. The lowest BCUT2D eigenvalue weighted by Crippen LogP contribution is -2.68. The van der Waals surface area contributed by atoms with Crippen molar-refractivity contribution in [2.45, 2.75) is 93.5 Å². The zero-order chi connectivity index (χ0) is 25.7. The van der Waals surface area contributed by atoms with Crippen molar-refractivity contribution in [3.63, 3.8) is 0 Å². The third-order valence-corrected chi connectivity index (χ3v) is 5.73. The SMILES string of the molecule is CC(=O)N[C@H]1[C@H](OC[C@@H](O)[C@@H](O)[C@@H](O)CO)O[C@H](CO)[C@H](O)[C@@H]1O[C@@H]1O[C@@H](C)[C@H](O)[C@@H](O)[C@H]1O. The number of hydrogen-bond acceptors (Lipinski definition) is 14. The number of carbonyl (C=O) groups is 1. The molecule has 0 aromatic carbocycles. The van der Waals surface area contributed by atoms with E-state index in [0.29, 0.717) is 0 Å². The molecule has 0 aliphatic carbocycles. The number of aliphatic hydroxyl groups excluding tert-OH is 9. The summed E-state index contributed by atoms with van der Waals surface area (Å²) in [7, 11) is 0. The van der Waals surface area contributed by atoms with Crippen molar-refractivity contribution in [2.75, 3.05) is 19.8 Å². The van der Waals surface area contributed by atoms with Gasteiger partial charge in [0.15, 0.2) is 12.6 Å². The fourth-order valence-electron chi connectivity index (χ4n) is 3.70. The van der Waals surface area contributed by atoms with Crippen molar-refractivity contribution in [2.24, 2.45) is 0 Å². The van der Waals surface area contributed by atoms with Crippen LogP contribution < -0.4 is 5.32 Å². The van der Waals surface area contributed by atoms with Crippen LogP contribution >= 0.6 is 0 Å². The van der Waals surface area contributed by atoms with Crippen molar-refractivity contribution in [1.82, 2.24) is 5.32 Å². The van der Waals surface area contributed by atoms with Gasteiger partial charge in [-0.3, -0.25) is 4.79 Å².